The van der Waals surface area contributed by atoms with Gasteiger partial charge in [-0.3, -0.25) is 9.59 Å². The van der Waals surface area contributed by atoms with E-state index in [1.807, 2.05) is 0 Å². The number of hydrogen-bond donors (Lipinski definition) is 0. The predicted molar refractivity (Wildman–Crippen MR) is 66.4 cm³/mol. The molecule has 0 radical (unpaired) electrons. The summed E-state index contributed by atoms with van der Waals surface area (Å²) in [5.74, 6) is -1.08. The van der Waals surface area contributed by atoms with Gasteiger partial charge in [-0.2, -0.15) is 0 Å². The van der Waals surface area contributed by atoms with Crippen LogP contribution in [0.2, 0.25) is 0 Å². The maximum absolute atomic E-state index is 12.0. The molecule has 1 unspecified atom stereocenters. The predicted octanol–water partition coefficient (Wildman–Crippen LogP) is 2.67. The molecule has 0 bridgehead atoms. The van der Waals surface area contributed by atoms with E-state index in [0.29, 0.717) is 19.3 Å². The van der Waals surface area contributed by atoms with Crippen molar-refractivity contribution in [3.05, 3.63) is 25.3 Å². The topological polar surface area (TPSA) is 43.4 Å². The lowest BCUT2D eigenvalue weighted by Crippen LogP contribution is -2.44. The highest BCUT2D eigenvalue weighted by molar-refractivity contribution is 6.00. The average Bonchev–Trinajstić information content (AvgIpc) is 2.29. The summed E-state index contributed by atoms with van der Waals surface area (Å²) in [6.45, 7) is 7.46. The van der Waals surface area contributed by atoms with Gasteiger partial charge in [-0.1, -0.05) is 12.2 Å². The third kappa shape index (κ3) is 2.65. The fourth-order valence-corrected chi connectivity index (χ4v) is 2.84. The van der Waals surface area contributed by atoms with Gasteiger partial charge in [0, 0.05) is 6.42 Å². The molecule has 0 spiro atoms. The molecule has 0 aliphatic heterocycles. The minimum Gasteiger partial charge on any atom is -0.468 e. The zero-order chi connectivity index (χ0) is 12.9. The van der Waals surface area contributed by atoms with Crippen LogP contribution in [0.1, 0.15) is 32.1 Å². The smallest absolute Gasteiger partial charge is 0.316 e. The van der Waals surface area contributed by atoms with Crippen molar-refractivity contribution in [2.45, 2.75) is 32.1 Å². The maximum Gasteiger partial charge on any atom is 0.316 e. The molecular weight excluding hydrogens is 216 g/mol. The van der Waals surface area contributed by atoms with Crippen LogP contribution in [0.5, 0.6) is 0 Å². The van der Waals surface area contributed by atoms with Gasteiger partial charge in [0.05, 0.1) is 7.11 Å². The maximum atomic E-state index is 12.0. The average molecular weight is 236 g/mol. The first-order valence-electron chi connectivity index (χ1n) is 5.93. The normalized spacial score (nSPS) is 22.9. The minimum atomic E-state index is -0.655. The summed E-state index contributed by atoms with van der Waals surface area (Å²) in [4.78, 5) is 23.8. The molecule has 17 heavy (non-hydrogen) atoms. The van der Waals surface area contributed by atoms with E-state index in [2.05, 4.69) is 13.2 Å². The van der Waals surface area contributed by atoms with E-state index in [1.54, 1.807) is 12.2 Å². The van der Waals surface area contributed by atoms with E-state index in [0.717, 1.165) is 12.8 Å². The van der Waals surface area contributed by atoms with Crippen molar-refractivity contribution in [1.29, 1.82) is 0 Å². The summed E-state index contributed by atoms with van der Waals surface area (Å²) >= 11 is 0. The van der Waals surface area contributed by atoms with Crippen LogP contribution in [-0.2, 0) is 14.3 Å². The number of Topliss-reactive ketones (excluding diaryl/α,β-unsaturated/α-hetero) is 1. The molecule has 1 aliphatic carbocycles. The van der Waals surface area contributed by atoms with Crippen LogP contribution in [0.15, 0.2) is 25.3 Å². The Labute approximate surface area is 103 Å². The highest BCUT2D eigenvalue weighted by atomic mass is 16.5. The number of carbonyl (C=O) groups excluding carboxylic acids is 2. The second-order valence-corrected chi connectivity index (χ2v) is 4.62. The number of ketones is 1. The van der Waals surface area contributed by atoms with Crippen molar-refractivity contribution in [1.82, 2.24) is 0 Å². The summed E-state index contributed by atoms with van der Waals surface area (Å²) < 4.78 is 4.78. The Morgan fingerprint density at radius 3 is 2.53 bits per heavy atom. The number of carbonyl (C=O) groups is 2. The Kier molecular flexibility index (Phi) is 4.67. The number of ether oxygens (including phenoxy) is 1. The molecule has 0 amide bonds. The lowest BCUT2D eigenvalue weighted by atomic mass is 9.62. The third-order valence-corrected chi connectivity index (χ3v) is 3.57. The Morgan fingerprint density at radius 1 is 1.47 bits per heavy atom. The lowest BCUT2D eigenvalue weighted by Gasteiger charge is -2.40. The van der Waals surface area contributed by atoms with Gasteiger partial charge < -0.3 is 4.74 Å². The van der Waals surface area contributed by atoms with E-state index in [1.165, 1.54) is 7.11 Å². The Morgan fingerprint density at radius 2 is 2.06 bits per heavy atom. The van der Waals surface area contributed by atoms with Crippen LogP contribution in [0, 0.1) is 11.3 Å². The first kappa shape index (κ1) is 13.7. The quantitative estimate of drug-likeness (QED) is 0.419. The Hall–Kier alpha value is -1.38. The van der Waals surface area contributed by atoms with Crippen molar-refractivity contribution in [3.8, 4) is 0 Å². The molecule has 1 saturated carbocycles. The molecule has 3 heteroatoms. The molecular formula is C14H20O3. The molecule has 0 aromatic carbocycles. The van der Waals surface area contributed by atoms with Gasteiger partial charge in [-0.15, -0.1) is 13.2 Å². The fraction of sp³-hybridized carbons (Fsp3) is 0.571. The molecule has 1 aliphatic rings. The van der Waals surface area contributed by atoms with Crippen LogP contribution < -0.4 is 0 Å². The number of rotatable bonds is 5. The molecule has 0 aromatic rings. The summed E-state index contributed by atoms with van der Waals surface area (Å²) in [6, 6.07) is 0. The minimum absolute atomic E-state index is 0.00759. The van der Waals surface area contributed by atoms with Gasteiger partial charge in [0.15, 0.2) is 0 Å². The molecule has 0 saturated heterocycles. The van der Waals surface area contributed by atoms with Gasteiger partial charge >= 0.3 is 5.97 Å². The number of hydrogen-bond acceptors (Lipinski definition) is 3. The van der Waals surface area contributed by atoms with Crippen molar-refractivity contribution in [2.24, 2.45) is 11.3 Å². The summed E-state index contributed by atoms with van der Waals surface area (Å²) in [5.41, 5.74) is -0.369. The molecule has 3 nitrogen and oxygen atoms in total. The van der Waals surface area contributed by atoms with E-state index < -0.39 is 11.9 Å². The highest BCUT2D eigenvalue weighted by Gasteiger charge is 2.48. The molecule has 1 atom stereocenters. The second kappa shape index (κ2) is 5.80. The van der Waals surface area contributed by atoms with E-state index >= 15 is 0 Å². The monoisotopic (exact) mass is 236 g/mol. The number of esters is 1. The first-order valence-corrected chi connectivity index (χ1v) is 5.93. The zero-order valence-electron chi connectivity index (χ0n) is 10.4. The summed E-state index contributed by atoms with van der Waals surface area (Å²) in [6.07, 6.45) is 6.98. The van der Waals surface area contributed by atoms with Crippen molar-refractivity contribution < 1.29 is 14.3 Å². The van der Waals surface area contributed by atoms with Crippen LogP contribution in [0.25, 0.3) is 0 Å². The first-order chi connectivity index (χ1) is 8.11. The summed E-state index contributed by atoms with van der Waals surface area (Å²) in [5, 5.41) is 0. The van der Waals surface area contributed by atoms with Crippen LogP contribution >= 0.6 is 0 Å². The van der Waals surface area contributed by atoms with Crippen molar-refractivity contribution in [3.63, 3.8) is 0 Å². The number of methoxy groups -OCH3 is 1. The van der Waals surface area contributed by atoms with E-state index in [4.69, 9.17) is 4.74 Å². The highest BCUT2D eigenvalue weighted by Crippen LogP contribution is 2.46. The Balaban J connectivity index is 3.10. The van der Waals surface area contributed by atoms with E-state index in [-0.39, 0.29) is 11.2 Å². The number of allylic oxidation sites excluding steroid dienone is 2. The van der Waals surface area contributed by atoms with Gasteiger partial charge in [-0.25, -0.2) is 0 Å². The third-order valence-electron chi connectivity index (χ3n) is 3.57. The van der Waals surface area contributed by atoms with Gasteiger partial charge in [0.25, 0.3) is 0 Å². The molecule has 1 rings (SSSR count). The molecule has 94 valence electrons. The second-order valence-electron chi connectivity index (χ2n) is 4.62. The van der Waals surface area contributed by atoms with Crippen LogP contribution in [0.4, 0.5) is 0 Å². The van der Waals surface area contributed by atoms with Crippen molar-refractivity contribution in [2.75, 3.05) is 7.11 Å². The van der Waals surface area contributed by atoms with Crippen LogP contribution in [0.3, 0.4) is 0 Å². The lowest BCUT2D eigenvalue weighted by molar-refractivity contribution is -0.157. The SMILES string of the molecule is C=CCC1(CC=C)CCCC(=O)C1C(=O)OC. The zero-order valence-corrected chi connectivity index (χ0v) is 10.4. The molecule has 0 N–H and O–H groups in total. The largest absolute Gasteiger partial charge is 0.468 e. The molecule has 1 fully saturated rings. The van der Waals surface area contributed by atoms with Gasteiger partial charge in [0.1, 0.15) is 11.7 Å². The molecule has 0 aromatic heterocycles. The standard InChI is InChI=1S/C14H20O3/c1-4-8-14(9-5-2)10-6-7-11(15)12(14)13(16)17-3/h4-5,12H,1-2,6-10H2,3H3. The van der Waals surface area contributed by atoms with Gasteiger partial charge in [-0.05, 0) is 31.1 Å². The van der Waals surface area contributed by atoms with Crippen LogP contribution in [-0.4, -0.2) is 18.9 Å². The Bertz CT molecular complexity index is 312. The van der Waals surface area contributed by atoms with Gasteiger partial charge in [0.2, 0.25) is 0 Å². The fourth-order valence-electron chi connectivity index (χ4n) is 2.84. The van der Waals surface area contributed by atoms with E-state index in [9.17, 15) is 9.59 Å². The molecule has 0 heterocycles. The summed E-state index contributed by atoms with van der Waals surface area (Å²) in [7, 11) is 1.33. The van der Waals surface area contributed by atoms with Crippen molar-refractivity contribution >= 4 is 11.8 Å².